The molecule has 2 aromatic rings. The maximum atomic E-state index is 6.16. The molecule has 1 aromatic carbocycles. The Morgan fingerprint density at radius 3 is 3.10 bits per heavy atom. The molecule has 0 aliphatic carbocycles. The monoisotopic (exact) mass is 306 g/mol. The zero-order chi connectivity index (χ0) is 14.7. The number of halogens is 1. The smallest absolute Gasteiger partial charge is 0.231 e. The van der Waals surface area contributed by atoms with Gasteiger partial charge in [0.1, 0.15) is 0 Å². The lowest BCUT2D eigenvalue weighted by atomic mass is 10.2. The van der Waals surface area contributed by atoms with E-state index >= 15 is 0 Å². The lowest BCUT2D eigenvalue weighted by Gasteiger charge is -2.09. The van der Waals surface area contributed by atoms with Gasteiger partial charge in [0, 0.05) is 24.8 Å². The van der Waals surface area contributed by atoms with Gasteiger partial charge in [-0.1, -0.05) is 17.7 Å². The summed E-state index contributed by atoms with van der Waals surface area (Å²) < 4.78 is 15.9. The Morgan fingerprint density at radius 2 is 2.24 bits per heavy atom. The van der Waals surface area contributed by atoms with Gasteiger partial charge in [-0.15, -0.1) is 0 Å². The van der Waals surface area contributed by atoms with Gasteiger partial charge >= 0.3 is 0 Å². The summed E-state index contributed by atoms with van der Waals surface area (Å²) in [5, 5.41) is 3.91. The molecule has 1 aliphatic heterocycles. The number of methoxy groups -OCH3 is 1. The molecule has 2 heterocycles. The van der Waals surface area contributed by atoms with Crippen molar-refractivity contribution in [3.8, 4) is 17.4 Å². The Morgan fingerprint density at radius 1 is 1.33 bits per heavy atom. The summed E-state index contributed by atoms with van der Waals surface area (Å²) in [7, 11) is 1.61. The topological polar surface area (TPSA) is 52.6 Å². The Labute approximate surface area is 127 Å². The van der Waals surface area contributed by atoms with Gasteiger partial charge in [-0.2, -0.15) is 0 Å². The molecule has 3 rings (SSSR count). The summed E-state index contributed by atoms with van der Waals surface area (Å²) in [5.74, 6) is 1.95. The van der Waals surface area contributed by atoms with Crippen molar-refractivity contribution >= 4 is 11.6 Å². The van der Waals surface area contributed by atoms with Crippen molar-refractivity contribution in [2.75, 3.05) is 13.9 Å². The highest BCUT2D eigenvalue weighted by atomic mass is 35.5. The van der Waals surface area contributed by atoms with Gasteiger partial charge in [-0.25, -0.2) is 4.98 Å². The zero-order valence-electron chi connectivity index (χ0n) is 11.6. The van der Waals surface area contributed by atoms with Crippen LogP contribution in [0.3, 0.4) is 0 Å². The second-order valence-corrected chi connectivity index (χ2v) is 4.99. The van der Waals surface area contributed by atoms with Crippen LogP contribution in [0.5, 0.6) is 17.4 Å². The Kier molecular flexibility index (Phi) is 4.13. The molecule has 0 spiro atoms. The molecule has 0 atom stereocenters. The molecular weight excluding hydrogens is 292 g/mol. The van der Waals surface area contributed by atoms with E-state index in [1.165, 1.54) is 0 Å². The largest absolute Gasteiger partial charge is 0.481 e. The van der Waals surface area contributed by atoms with Crippen LogP contribution in [0.4, 0.5) is 0 Å². The van der Waals surface area contributed by atoms with Crippen LogP contribution in [0, 0.1) is 0 Å². The van der Waals surface area contributed by atoms with Crippen LogP contribution in [0.1, 0.15) is 11.1 Å². The van der Waals surface area contributed by atoms with Crippen molar-refractivity contribution in [3.05, 3.63) is 46.6 Å². The Bertz CT molecular complexity index is 649. The van der Waals surface area contributed by atoms with Gasteiger partial charge in [0.25, 0.3) is 0 Å². The molecule has 1 aromatic heterocycles. The number of nitrogens with one attached hydrogen (secondary N) is 1. The third-order valence-electron chi connectivity index (χ3n) is 3.17. The van der Waals surface area contributed by atoms with E-state index in [4.69, 9.17) is 25.8 Å². The third kappa shape index (κ3) is 3.04. The number of fused-ring (bicyclic) bond motifs is 1. The average Bonchev–Trinajstić information content (AvgIpc) is 2.97. The summed E-state index contributed by atoms with van der Waals surface area (Å²) in [6.07, 6.45) is 1.71. The molecule has 0 amide bonds. The number of aromatic nitrogens is 1. The van der Waals surface area contributed by atoms with Crippen molar-refractivity contribution in [2.45, 2.75) is 13.1 Å². The molecule has 6 heteroatoms. The van der Waals surface area contributed by atoms with E-state index < -0.39 is 0 Å². The summed E-state index contributed by atoms with van der Waals surface area (Å²) in [6, 6.07) is 7.67. The molecule has 0 fully saturated rings. The first-order valence-corrected chi connectivity index (χ1v) is 6.92. The van der Waals surface area contributed by atoms with Gasteiger partial charge in [0.2, 0.25) is 12.7 Å². The van der Waals surface area contributed by atoms with Gasteiger partial charge in [-0.3, -0.25) is 0 Å². The van der Waals surface area contributed by atoms with E-state index in [0.29, 0.717) is 35.5 Å². The lowest BCUT2D eigenvalue weighted by Crippen LogP contribution is -2.13. The van der Waals surface area contributed by atoms with E-state index in [2.05, 4.69) is 10.3 Å². The molecule has 0 unspecified atom stereocenters. The predicted molar refractivity (Wildman–Crippen MR) is 78.9 cm³/mol. The fourth-order valence-electron chi connectivity index (χ4n) is 2.21. The molecule has 1 N–H and O–H groups in total. The third-order valence-corrected chi connectivity index (χ3v) is 3.46. The maximum Gasteiger partial charge on any atom is 0.231 e. The molecule has 0 saturated heterocycles. The number of ether oxygens (including phenoxy) is 3. The average molecular weight is 307 g/mol. The number of pyridine rings is 1. The van der Waals surface area contributed by atoms with Crippen LogP contribution >= 0.6 is 11.6 Å². The van der Waals surface area contributed by atoms with Crippen molar-refractivity contribution in [2.24, 2.45) is 0 Å². The van der Waals surface area contributed by atoms with Gasteiger partial charge in [-0.05, 0) is 23.8 Å². The van der Waals surface area contributed by atoms with Crippen LogP contribution in [-0.4, -0.2) is 18.9 Å². The number of nitrogens with zero attached hydrogens (tertiary/aromatic N) is 1. The van der Waals surface area contributed by atoms with E-state index in [-0.39, 0.29) is 6.79 Å². The van der Waals surface area contributed by atoms with Crippen LogP contribution in [0.15, 0.2) is 30.5 Å². The minimum atomic E-state index is 0.221. The molecule has 0 radical (unpaired) electrons. The number of benzene rings is 1. The van der Waals surface area contributed by atoms with Crippen molar-refractivity contribution < 1.29 is 14.2 Å². The number of hydrogen-bond donors (Lipinski definition) is 1. The molecule has 5 nitrogen and oxygen atoms in total. The SMILES string of the molecule is COc1ncccc1CNCc1cc(Cl)c2c(c1)OCO2. The molecule has 110 valence electrons. The summed E-state index contributed by atoms with van der Waals surface area (Å²) >= 11 is 6.16. The van der Waals surface area contributed by atoms with Crippen molar-refractivity contribution in [1.82, 2.24) is 10.3 Å². The highest BCUT2D eigenvalue weighted by Crippen LogP contribution is 2.39. The van der Waals surface area contributed by atoms with Crippen LogP contribution in [-0.2, 0) is 13.1 Å². The minimum absolute atomic E-state index is 0.221. The van der Waals surface area contributed by atoms with Gasteiger partial charge in [0.15, 0.2) is 11.5 Å². The zero-order valence-corrected chi connectivity index (χ0v) is 12.3. The Balaban J connectivity index is 1.65. The van der Waals surface area contributed by atoms with Gasteiger partial charge < -0.3 is 19.5 Å². The minimum Gasteiger partial charge on any atom is -0.481 e. The van der Waals surface area contributed by atoms with E-state index in [0.717, 1.165) is 11.1 Å². The standard InChI is InChI=1S/C15H15ClN2O3/c1-19-15-11(3-2-4-18-15)8-17-7-10-5-12(16)14-13(6-10)20-9-21-14/h2-6,17H,7-9H2,1H3. The fraction of sp³-hybridized carbons (Fsp3) is 0.267. The first kappa shape index (κ1) is 14.0. The molecule has 21 heavy (non-hydrogen) atoms. The summed E-state index contributed by atoms with van der Waals surface area (Å²) in [5.41, 5.74) is 2.04. The highest BCUT2D eigenvalue weighted by Gasteiger charge is 2.18. The Hall–Kier alpha value is -1.98. The van der Waals surface area contributed by atoms with Crippen LogP contribution in [0.25, 0.3) is 0 Å². The van der Waals surface area contributed by atoms with Crippen LogP contribution < -0.4 is 19.5 Å². The summed E-state index contributed by atoms with van der Waals surface area (Å²) in [4.78, 5) is 4.16. The first-order chi connectivity index (χ1) is 10.3. The van der Waals surface area contributed by atoms with E-state index in [1.807, 2.05) is 24.3 Å². The fourth-order valence-corrected chi connectivity index (χ4v) is 2.49. The molecule has 1 aliphatic rings. The quantitative estimate of drug-likeness (QED) is 0.920. The van der Waals surface area contributed by atoms with E-state index in [9.17, 15) is 0 Å². The second-order valence-electron chi connectivity index (χ2n) is 4.59. The second kappa shape index (κ2) is 6.20. The lowest BCUT2D eigenvalue weighted by molar-refractivity contribution is 0.174. The molecular formula is C15H15ClN2O3. The highest BCUT2D eigenvalue weighted by molar-refractivity contribution is 6.32. The van der Waals surface area contributed by atoms with Crippen molar-refractivity contribution in [3.63, 3.8) is 0 Å². The summed E-state index contributed by atoms with van der Waals surface area (Å²) in [6.45, 7) is 1.54. The maximum absolute atomic E-state index is 6.16. The predicted octanol–water partition coefficient (Wildman–Crippen LogP) is 2.76. The van der Waals surface area contributed by atoms with Crippen molar-refractivity contribution in [1.29, 1.82) is 0 Å². The molecule has 0 saturated carbocycles. The normalized spacial score (nSPS) is 12.5. The number of rotatable bonds is 5. The van der Waals surface area contributed by atoms with Crippen LogP contribution in [0.2, 0.25) is 5.02 Å². The van der Waals surface area contributed by atoms with E-state index in [1.54, 1.807) is 13.3 Å². The first-order valence-electron chi connectivity index (χ1n) is 6.54. The number of hydrogen-bond acceptors (Lipinski definition) is 5. The van der Waals surface area contributed by atoms with Gasteiger partial charge in [0.05, 0.1) is 12.1 Å². The molecule has 0 bridgehead atoms.